The molecule has 2 N–H and O–H groups in total. The van der Waals surface area contributed by atoms with E-state index in [0.29, 0.717) is 17.9 Å². The number of pyridine rings is 1. The number of ether oxygens (including phenoxy) is 2. The zero-order valence-electron chi connectivity index (χ0n) is 17.1. The highest BCUT2D eigenvalue weighted by molar-refractivity contribution is 5.94. The van der Waals surface area contributed by atoms with Gasteiger partial charge in [-0.25, -0.2) is 4.98 Å². The Morgan fingerprint density at radius 1 is 1.10 bits per heavy atom. The molecule has 7 nitrogen and oxygen atoms in total. The number of benzene rings is 2. The first-order valence-corrected chi connectivity index (χ1v) is 10.4. The Bertz CT molecular complexity index is 1070. The normalized spacial score (nSPS) is 17.4. The molecule has 0 radical (unpaired) electrons. The van der Waals surface area contributed by atoms with E-state index in [1.807, 2.05) is 30.3 Å². The Balaban J connectivity index is 1.24. The fourth-order valence-corrected chi connectivity index (χ4v) is 3.93. The Morgan fingerprint density at radius 2 is 1.97 bits per heavy atom. The molecule has 1 saturated heterocycles. The highest BCUT2D eigenvalue weighted by Gasteiger charge is 2.22. The maximum Gasteiger partial charge on any atom is 0.251 e. The first-order valence-electron chi connectivity index (χ1n) is 10.4. The molecule has 0 aliphatic carbocycles. The van der Waals surface area contributed by atoms with Gasteiger partial charge in [-0.05, 0) is 35.4 Å². The van der Waals surface area contributed by atoms with E-state index in [0.717, 1.165) is 36.8 Å². The molecule has 5 rings (SSSR count). The fraction of sp³-hybridized carbons (Fsp3) is 0.250. The van der Waals surface area contributed by atoms with Gasteiger partial charge in [0.1, 0.15) is 5.82 Å². The minimum Gasteiger partial charge on any atom is -0.454 e. The average Bonchev–Trinajstić information content (AvgIpc) is 3.31. The fourth-order valence-electron chi connectivity index (χ4n) is 3.93. The zero-order valence-corrected chi connectivity index (χ0v) is 17.1. The van der Waals surface area contributed by atoms with Crippen LogP contribution < -0.4 is 25.0 Å². The molecule has 3 aromatic rings. The Labute approximate surface area is 181 Å². The first-order chi connectivity index (χ1) is 15.3. The SMILES string of the molecule is O=C(NCc1ccc2c(c1)OCO2)c1ccnc(N2CCNC(c3ccccc3)C2)c1. The molecular weight excluding hydrogens is 392 g/mol. The molecule has 0 saturated carbocycles. The van der Waals surface area contributed by atoms with Crippen molar-refractivity contribution < 1.29 is 14.3 Å². The summed E-state index contributed by atoms with van der Waals surface area (Å²) in [5.74, 6) is 2.14. The van der Waals surface area contributed by atoms with Gasteiger partial charge >= 0.3 is 0 Å². The van der Waals surface area contributed by atoms with Gasteiger partial charge < -0.3 is 25.0 Å². The largest absolute Gasteiger partial charge is 0.454 e. The van der Waals surface area contributed by atoms with Crippen molar-refractivity contribution in [3.8, 4) is 11.5 Å². The summed E-state index contributed by atoms with van der Waals surface area (Å²) in [4.78, 5) is 19.5. The number of hydrogen-bond donors (Lipinski definition) is 2. The first kappa shape index (κ1) is 19.4. The van der Waals surface area contributed by atoms with E-state index in [4.69, 9.17) is 9.47 Å². The van der Waals surface area contributed by atoms with Crippen LogP contribution in [-0.4, -0.2) is 37.3 Å². The summed E-state index contributed by atoms with van der Waals surface area (Å²) in [5.41, 5.74) is 2.81. The van der Waals surface area contributed by atoms with E-state index < -0.39 is 0 Å². The summed E-state index contributed by atoms with van der Waals surface area (Å²) in [6, 6.07) is 19.9. The number of rotatable bonds is 5. The minimum absolute atomic E-state index is 0.129. The van der Waals surface area contributed by atoms with E-state index in [1.54, 1.807) is 12.3 Å². The second-order valence-electron chi connectivity index (χ2n) is 7.64. The Hall–Kier alpha value is -3.58. The van der Waals surface area contributed by atoms with Crippen molar-refractivity contribution in [2.24, 2.45) is 0 Å². The molecule has 1 amide bonds. The lowest BCUT2D eigenvalue weighted by Crippen LogP contribution is -2.46. The predicted octanol–water partition coefficient (Wildman–Crippen LogP) is 2.89. The minimum atomic E-state index is -0.129. The lowest BCUT2D eigenvalue weighted by Gasteiger charge is -2.34. The van der Waals surface area contributed by atoms with Crippen molar-refractivity contribution in [3.63, 3.8) is 0 Å². The second-order valence-corrected chi connectivity index (χ2v) is 7.64. The second kappa shape index (κ2) is 8.65. The molecule has 1 aromatic heterocycles. The summed E-state index contributed by atoms with van der Waals surface area (Å²) in [6.45, 7) is 3.17. The molecule has 0 bridgehead atoms. The molecule has 1 unspecified atom stereocenters. The lowest BCUT2D eigenvalue weighted by molar-refractivity contribution is 0.0950. The third-order valence-corrected chi connectivity index (χ3v) is 5.60. The maximum absolute atomic E-state index is 12.7. The number of aromatic nitrogens is 1. The number of fused-ring (bicyclic) bond motifs is 1. The van der Waals surface area contributed by atoms with Gasteiger partial charge in [-0.2, -0.15) is 0 Å². The number of hydrogen-bond acceptors (Lipinski definition) is 6. The van der Waals surface area contributed by atoms with Crippen LogP contribution in [0.2, 0.25) is 0 Å². The van der Waals surface area contributed by atoms with Crippen molar-refractivity contribution in [2.75, 3.05) is 31.3 Å². The van der Waals surface area contributed by atoms with E-state index in [-0.39, 0.29) is 18.7 Å². The molecule has 2 aromatic carbocycles. The van der Waals surface area contributed by atoms with Crippen LogP contribution in [0.3, 0.4) is 0 Å². The van der Waals surface area contributed by atoms with Gasteiger partial charge in [0.25, 0.3) is 5.91 Å². The van der Waals surface area contributed by atoms with Crippen LogP contribution in [0.25, 0.3) is 0 Å². The van der Waals surface area contributed by atoms with Crippen molar-refractivity contribution in [2.45, 2.75) is 12.6 Å². The van der Waals surface area contributed by atoms with Gasteiger partial charge in [-0.15, -0.1) is 0 Å². The number of anilines is 1. The number of amides is 1. The molecule has 1 atom stereocenters. The van der Waals surface area contributed by atoms with Gasteiger partial charge in [0.15, 0.2) is 11.5 Å². The zero-order chi connectivity index (χ0) is 21.0. The Kier molecular flexibility index (Phi) is 5.41. The number of carbonyl (C=O) groups excluding carboxylic acids is 1. The average molecular weight is 416 g/mol. The van der Waals surface area contributed by atoms with Gasteiger partial charge in [-0.1, -0.05) is 36.4 Å². The van der Waals surface area contributed by atoms with Crippen molar-refractivity contribution in [1.82, 2.24) is 15.6 Å². The van der Waals surface area contributed by atoms with E-state index in [9.17, 15) is 4.79 Å². The summed E-state index contributed by atoms with van der Waals surface area (Å²) < 4.78 is 10.7. The standard InChI is InChI=1S/C24H24N4O3/c29-24(27-14-17-6-7-21-22(12-17)31-16-30-21)19-8-9-26-23(13-19)28-11-10-25-20(15-28)18-4-2-1-3-5-18/h1-9,12-13,20,25H,10-11,14-16H2,(H,27,29). The predicted molar refractivity (Wildman–Crippen MR) is 117 cm³/mol. The third-order valence-electron chi connectivity index (χ3n) is 5.60. The van der Waals surface area contributed by atoms with Crippen molar-refractivity contribution in [1.29, 1.82) is 0 Å². The quantitative estimate of drug-likeness (QED) is 0.666. The van der Waals surface area contributed by atoms with Crippen LogP contribution in [0.1, 0.15) is 27.5 Å². The number of nitrogens with zero attached hydrogens (tertiary/aromatic N) is 2. The summed E-state index contributed by atoms with van der Waals surface area (Å²) in [6.07, 6.45) is 1.70. The molecule has 3 heterocycles. The van der Waals surface area contributed by atoms with Crippen LogP contribution in [-0.2, 0) is 6.54 Å². The summed E-state index contributed by atoms with van der Waals surface area (Å²) in [5, 5.41) is 6.54. The molecule has 0 spiro atoms. The van der Waals surface area contributed by atoms with Crippen LogP contribution in [0.5, 0.6) is 11.5 Å². The topological polar surface area (TPSA) is 75.7 Å². The number of carbonyl (C=O) groups is 1. The summed E-state index contributed by atoms with van der Waals surface area (Å²) in [7, 11) is 0. The van der Waals surface area contributed by atoms with E-state index in [2.05, 4.69) is 44.8 Å². The van der Waals surface area contributed by atoms with Gasteiger partial charge in [-0.3, -0.25) is 4.79 Å². The molecule has 1 fully saturated rings. The number of piperazine rings is 1. The van der Waals surface area contributed by atoms with Crippen LogP contribution in [0, 0.1) is 0 Å². The smallest absolute Gasteiger partial charge is 0.251 e. The van der Waals surface area contributed by atoms with Crippen LogP contribution >= 0.6 is 0 Å². The number of nitrogens with one attached hydrogen (secondary N) is 2. The third kappa shape index (κ3) is 4.32. The van der Waals surface area contributed by atoms with Gasteiger partial charge in [0, 0.05) is 44.0 Å². The molecule has 31 heavy (non-hydrogen) atoms. The highest BCUT2D eigenvalue weighted by atomic mass is 16.7. The molecule has 2 aliphatic rings. The van der Waals surface area contributed by atoms with E-state index in [1.165, 1.54) is 5.56 Å². The highest BCUT2D eigenvalue weighted by Crippen LogP contribution is 2.32. The van der Waals surface area contributed by atoms with E-state index >= 15 is 0 Å². The van der Waals surface area contributed by atoms with Crippen molar-refractivity contribution in [3.05, 3.63) is 83.6 Å². The molecule has 158 valence electrons. The Morgan fingerprint density at radius 3 is 2.87 bits per heavy atom. The molecular formula is C24H24N4O3. The monoisotopic (exact) mass is 416 g/mol. The molecule has 7 heteroatoms. The van der Waals surface area contributed by atoms with Crippen LogP contribution in [0.15, 0.2) is 66.9 Å². The van der Waals surface area contributed by atoms with Gasteiger partial charge in [0.2, 0.25) is 6.79 Å². The lowest BCUT2D eigenvalue weighted by atomic mass is 10.0. The van der Waals surface area contributed by atoms with Gasteiger partial charge in [0.05, 0.1) is 0 Å². The maximum atomic E-state index is 12.7. The molecule has 2 aliphatic heterocycles. The summed E-state index contributed by atoms with van der Waals surface area (Å²) >= 11 is 0. The van der Waals surface area contributed by atoms with Crippen LogP contribution in [0.4, 0.5) is 5.82 Å². The van der Waals surface area contributed by atoms with Crippen molar-refractivity contribution >= 4 is 11.7 Å².